The number of allylic oxidation sites excluding steroid dienone is 1. The average molecular weight is 490 g/mol. The molecule has 0 bridgehead atoms. The Bertz CT molecular complexity index is 1210. The van der Waals surface area contributed by atoms with Crippen LogP contribution in [0.3, 0.4) is 0 Å². The van der Waals surface area contributed by atoms with Gasteiger partial charge in [-0.05, 0) is 36.9 Å². The standard InChI is InChI=1S/C22H21Cl2N5O2S/c1-4-32-22-27-21-25-12(2)18(20(30)26-16-7-5-6-8-17(16)31-3)19(29(21)28-22)14-10-9-13(23)11-15(14)24/h5-11,19H,4H2,1-3H3,(H,26,30)(H,25,27,28)/t19-/m1/s1. The normalized spacial score (nSPS) is 15.2. The fourth-order valence-corrected chi connectivity index (χ4v) is 4.63. The number of carbonyl (C=O) groups is 1. The Balaban J connectivity index is 1.81. The number of hydrogen-bond acceptors (Lipinski definition) is 6. The van der Waals surface area contributed by atoms with Gasteiger partial charge in [-0.15, -0.1) is 5.10 Å². The Hall–Kier alpha value is -2.68. The van der Waals surface area contributed by atoms with Gasteiger partial charge in [0.15, 0.2) is 0 Å². The molecule has 1 aliphatic heterocycles. The molecule has 0 saturated carbocycles. The van der Waals surface area contributed by atoms with E-state index in [0.29, 0.717) is 49.4 Å². The second-order valence-electron chi connectivity index (χ2n) is 6.98. The second-order valence-corrected chi connectivity index (χ2v) is 9.06. The zero-order valence-electron chi connectivity index (χ0n) is 17.6. The molecule has 166 valence electrons. The third-order valence-corrected chi connectivity index (χ3v) is 6.25. The van der Waals surface area contributed by atoms with Crippen molar-refractivity contribution in [3.8, 4) is 5.75 Å². The molecule has 7 nitrogen and oxygen atoms in total. The Morgan fingerprint density at radius 3 is 2.78 bits per heavy atom. The highest BCUT2D eigenvalue weighted by Crippen LogP contribution is 2.40. The number of halogens is 2. The zero-order valence-corrected chi connectivity index (χ0v) is 20.0. The van der Waals surface area contributed by atoms with Crippen LogP contribution in [0, 0.1) is 0 Å². The molecule has 2 aromatic carbocycles. The SMILES string of the molecule is CCSc1nc2n(n1)[C@H](c1ccc(Cl)cc1Cl)C(C(=O)Nc1ccccc1OC)=C(C)N2. The molecule has 1 amide bonds. The van der Waals surface area contributed by atoms with Gasteiger partial charge in [0.05, 0.1) is 18.4 Å². The first-order valence-electron chi connectivity index (χ1n) is 9.89. The minimum atomic E-state index is -0.593. The van der Waals surface area contributed by atoms with E-state index in [1.54, 1.807) is 36.1 Å². The lowest BCUT2D eigenvalue weighted by Crippen LogP contribution is -2.31. The van der Waals surface area contributed by atoms with Crippen molar-refractivity contribution in [3.63, 3.8) is 0 Å². The minimum Gasteiger partial charge on any atom is -0.495 e. The van der Waals surface area contributed by atoms with Gasteiger partial charge in [-0.25, -0.2) is 4.68 Å². The summed E-state index contributed by atoms with van der Waals surface area (Å²) in [5, 5.41) is 12.4. The van der Waals surface area contributed by atoms with E-state index in [-0.39, 0.29) is 5.91 Å². The van der Waals surface area contributed by atoms with Crippen LogP contribution in [0.2, 0.25) is 10.0 Å². The van der Waals surface area contributed by atoms with Crippen molar-refractivity contribution >= 4 is 52.5 Å². The Morgan fingerprint density at radius 1 is 1.28 bits per heavy atom. The van der Waals surface area contributed by atoms with Crippen LogP contribution in [-0.4, -0.2) is 33.5 Å². The van der Waals surface area contributed by atoms with Crippen molar-refractivity contribution in [1.29, 1.82) is 0 Å². The quantitative estimate of drug-likeness (QED) is 0.436. The van der Waals surface area contributed by atoms with Crippen molar-refractivity contribution in [1.82, 2.24) is 14.8 Å². The van der Waals surface area contributed by atoms with Gasteiger partial charge in [0, 0.05) is 21.3 Å². The number of anilines is 2. The Kier molecular flexibility index (Phi) is 6.64. The summed E-state index contributed by atoms with van der Waals surface area (Å²) in [6.07, 6.45) is 0. The van der Waals surface area contributed by atoms with Gasteiger partial charge in [0.2, 0.25) is 11.1 Å². The summed E-state index contributed by atoms with van der Waals surface area (Å²) in [6.45, 7) is 3.86. The number of carbonyl (C=O) groups excluding carboxylic acids is 1. The molecular formula is C22H21Cl2N5O2S. The van der Waals surface area contributed by atoms with Crippen LogP contribution in [0.15, 0.2) is 58.9 Å². The molecule has 1 aromatic heterocycles. The minimum absolute atomic E-state index is 0.304. The third-order valence-electron chi connectivity index (χ3n) is 4.96. The van der Waals surface area contributed by atoms with Gasteiger partial charge in [-0.3, -0.25) is 4.79 Å². The molecule has 0 aliphatic carbocycles. The molecule has 0 radical (unpaired) electrons. The van der Waals surface area contributed by atoms with Crippen LogP contribution in [0.4, 0.5) is 11.6 Å². The molecule has 32 heavy (non-hydrogen) atoms. The van der Waals surface area contributed by atoms with E-state index in [9.17, 15) is 4.79 Å². The van der Waals surface area contributed by atoms with E-state index in [1.165, 1.54) is 11.8 Å². The van der Waals surface area contributed by atoms with E-state index in [4.69, 9.17) is 27.9 Å². The average Bonchev–Trinajstić information content (AvgIpc) is 3.15. The summed E-state index contributed by atoms with van der Waals surface area (Å²) in [5.74, 6) is 1.63. The monoisotopic (exact) mass is 489 g/mol. The van der Waals surface area contributed by atoms with Gasteiger partial charge in [0.1, 0.15) is 11.8 Å². The van der Waals surface area contributed by atoms with Crippen molar-refractivity contribution in [2.24, 2.45) is 0 Å². The highest BCUT2D eigenvalue weighted by atomic mass is 35.5. The summed E-state index contributed by atoms with van der Waals surface area (Å²) < 4.78 is 7.07. The van der Waals surface area contributed by atoms with E-state index < -0.39 is 6.04 Å². The maximum Gasteiger partial charge on any atom is 0.255 e. The zero-order chi connectivity index (χ0) is 22.8. The molecule has 10 heteroatoms. The maximum atomic E-state index is 13.5. The lowest BCUT2D eigenvalue weighted by molar-refractivity contribution is -0.113. The number of benzene rings is 2. The van der Waals surface area contributed by atoms with Gasteiger partial charge in [-0.1, -0.05) is 60.1 Å². The number of rotatable bonds is 6. The van der Waals surface area contributed by atoms with E-state index in [2.05, 4.69) is 20.7 Å². The molecule has 0 fully saturated rings. The first-order valence-corrected chi connectivity index (χ1v) is 11.6. The second kappa shape index (κ2) is 9.44. The van der Waals surface area contributed by atoms with E-state index >= 15 is 0 Å². The lowest BCUT2D eigenvalue weighted by Gasteiger charge is -2.29. The summed E-state index contributed by atoms with van der Waals surface area (Å²) in [6, 6.07) is 11.9. The van der Waals surface area contributed by atoms with Crippen LogP contribution < -0.4 is 15.4 Å². The van der Waals surface area contributed by atoms with E-state index in [1.807, 2.05) is 32.0 Å². The van der Waals surface area contributed by atoms with E-state index in [0.717, 1.165) is 5.75 Å². The third kappa shape index (κ3) is 4.30. The number of nitrogens with zero attached hydrogens (tertiary/aromatic N) is 3. The molecule has 1 aliphatic rings. The maximum absolute atomic E-state index is 13.5. The Labute approximate surface area is 200 Å². The molecule has 0 spiro atoms. The predicted octanol–water partition coefficient (Wildman–Crippen LogP) is 5.63. The van der Waals surface area contributed by atoms with Crippen LogP contribution >= 0.6 is 35.0 Å². The highest BCUT2D eigenvalue weighted by molar-refractivity contribution is 7.99. The summed E-state index contributed by atoms with van der Waals surface area (Å²) in [4.78, 5) is 18.1. The Morgan fingerprint density at radius 2 is 2.06 bits per heavy atom. The van der Waals surface area contributed by atoms with Crippen molar-refractivity contribution < 1.29 is 9.53 Å². The summed E-state index contributed by atoms with van der Waals surface area (Å²) in [7, 11) is 1.56. The van der Waals surface area contributed by atoms with Crippen molar-refractivity contribution in [2.45, 2.75) is 25.0 Å². The van der Waals surface area contributed by atoms with Gasteiger partial charge in [0.25, 0.3) is 5.91 Å². The van der Waals surface area contributed by atoms with Crippen LogP contribution in [0.1, 0.15) is 25.5 Å². The fraction of sp³-hybridized carbons (Fsp3) is 0.227. The number of amides is 1. The summed E-state index contributed by atoms with van der Waals surface area (Å²) in [5.41, 5.74) is 2.38. The van der Waals surface area contributed by atoms with Crippen LogP contribution in [-0.2, 0) is 4.79 Å². The molecule has 4 rings (SSSR count). The number of methoxy groups -OCH3 is 1. The topological polar surface area (TPSA) is 81.1 Å². The number of para-hydroxylation sites is 2. The number of nitrogens with one attached hydrogen (secondary N) is 2. The van der Waals surface area contributed by atoms with Gasteiger partial charge in [-0.2, -0.15) is 4.98 Å². The van der Waals surface area contributed by atoms with Crippen LogP contribution in [0.25, 0.3) is 0 Å². The molecule has 2 N–H and O–H groups in total. The molecular weight excluding hydrogens is 469 g/mol. The molecule has 1 atom stereocenters. The van der Waals surface area contributed by atoms with Gasteiger partial charge < -0.3 is 15.4 Å². The smallest absolute Gasteiger partial charge is 0.255 e. The highest BCUT2D eigenvalue weighted by Gasteiger charge is 2.35. The molecule has 0 saturated heterocycles. The molecule has 3 aromatic rings. The number of ether oxygens (including phenoxy) is 1. The lowest BCUT2D eigenvalue weighted by atomic mass is 9.95. The van der Waals surface area contributed by atoms with Crippen molar-refractivity contribution in [3.05, 3.63) is 69.3 Å². The number of aromatic nitrogens is 3. The largest absolute Gasteiger partial charge is 0.495 e. The first-order chi connectivity index (χ1) is 15.4. The number of thioether (sulfide) groups is 1. The van der Waals surface area contributed by atoms with Gasteiger partial charge >= 0.3 is 0 Å². The predicted molar refractivity (Wildman–Crippen MR) is 129 cm³/mol. The molecule has 2 heterocycles. The number of hydrogen-bond donors (Lipinski definition) is 2. The summed E-state index contributed by atoms with van der Waals surface area (Å²) >= 11 is 14.2. The fourth-order valence-electron chi connectivity index (χ4n) is 3.56. The molecule has 0 unspecified atom stereocenters. The number of fused-ring (bicyclic) bond motifs is 1. The first kappa shape index (κ1) is 22.5. The van der Waals surface area contributed by atoms with Crippen molar-refractivity contribution in [2.75, 3.05) is 23.5 Å². The van der Waals surface area contributed by atoms with Crippen LogP contribution in [0.5, 0.6) is 5.75 Å².